The van der Waals surface area contributed by atoms with Crippen LogP contribution in [0.25, 0.3) is 0 Å². The van der Waals surface area contributed by atoms with Gasteiger partial charge in [-0.15, -0.1) is 0 Å². The second-order valence-electron chi connectivity index (χ2n) is 6.62. The number of likely N-dealkylation sites (tertiary alicyclic amines) is 1. The summed E-state index contributed by atoms with van der Waals surface area (Å²) in [5.74, 6) is 2.16. The van der Waals surface area contributed by atoms with Crippen LogP contribution in [-0.4, -0.2) is 49.0 Å². The van der Waals surface area contributed by atoms with E-state index in [1.54, 1.807) is 0 Å². The van der Waals surface area contributed by atoms with Crippen LogP contribution in [-0.2, 0) is 13.1 Å². The van der Waals surface area contributed by atoms with E-state index in [0.717, 1.165) is 32.1 Å². The van der Waals surface area contributed by atoms with Crippen LogP contribution in [0.5, 0.6) is 0 Å². The van der Waals surface area contributed by atoms with E-state index in [0.29, 0.717) is 0 Å². The Hall–Kier alpha value is -1.20. The summed E-state index contributed by atoms with van der Waals surface area (Å²) < 4.78 is 0. The Labute approximate surface area is 157 Å². The molecule has 1 saturated heterocycles. The van der Waals surface area contributed by atoms with E-state index in [4.69, 9.17) is 4.99 Å². The van der Waals surface area contributed by atoms with Crippen molar-refractivity contribution in [3.63, 3.8) is 0 Å². The number of guanidine groups is 1. The van der Waals surface area contributed by atoms with Crippen molar-refractivity contribution < 1.29 is 0 Å². The van der Waals surface area contributed by atoms with Gasteiger partial charge in [-0.3, -0.25) is 4.90 Å². The maximum atomic E-state index is 4.71. The number of benzene rings is 1. The number of hydrogen-bond acceptors (Lipinski definition) is 3. The number of rotatable bonds is 10. The average Bonchev–Trinajstić information content (AvgIpc) is 3.13. The van der Waals surface area contributed by atoms with Gasteiger partial charge in [0, 0.05) is 19.6 Å². The van der Waals surface area contributed by atoms with Crippen molar-refractivity contribution in [1.29, 1.82) is 0 Å². The first kappa shape index (κ1) is 20.1. The van der Waals surface area contributed by atoms with Gasteiger partial charge in [-0.05, 0) is 68.8 Å². The van der Waals surface area contributed by atoms with Crippen LogP contribution < -0.4 is 10.6 Å². The summed E-state index contributed by atoms with van der Waals surface area (Å²) in [7, 11) is 0. The maximum Gasteiger partial charge on any atom is 0.191 e. The van der Waals surface area contributed by atoms with E-state index in [1.165, 1.54) is 55.7 Å². The maximum absolute atomic E-state index is 4.71. The molecule has 0 aromatic heterocycles. The quantitative estimate of drug-likeness (QED) is 0.380. The third-order valence-electron chi connectivity index (χ3n) is 4.46. The highest BCUT2D eigenvalue weighted by Crippen LogP contribution is 2.13. The van der Waals surface area contributed by atoms with Crippen molar-refractivity contribution in [1.82, 2.24) is 15.5 Å². The summed E-state index contributed by atoms with van der Waals surface area (Å²) in [5, 5.41) is 6.76. The van der Waals surface area contributed by atoms with Gasteiger partial charge < -0.3 is 10.6 Å². The molecule has 0 saturated carbocycles. The zero-order valence-electron chi connectivity index (χ0n) is 15.9. The van der Waals surface area contributed by atoms with Crippen LogP contribution in [0, 0.1) is 0 Å². The Morgan fingerprint density at radius 1 is 1.08 bits per heavy atom. The molecule has 4 nitrogen and oxygen atoms in total. The molecule has 0 aliphatic carbocycles. The Kier molecular flexibility index (Phi) is 9.82. The zero-order chi connectivity index (χ0) is 17.7. The minimum absolute atomic E-state index is 0.726. The molecule has 1 aliphatic rings. The van der Waals surface area contributed by atoms with E-state index in [9.17, 15) is 0 Å². The van der Waals surface area contributed by atoms with Gasteiger partial charge in [-0.25, -0.2) is 4.99 Å². The number of aliphatic imine (C=N–C) groups is 1. The van der Waals surface area contributed by atoms with Gasteiger partial charge in [-0.2, -0.15) is 11.8 Å². The zero-order valence-corrected chi connectivity index (χ0v) is 16.7. The molecular formula is C20H34N4S. The highest BCUT2D eigenvalue weighted by molar-refractivity contribution is 7.98. The summed E-state index contributed by atoms with van der Waals surface area (Å²) in [4.78, 5) is 7.25. The highest BCUT2D eigenvalue weighted by atomic mass is 32.2. The first-order valence-electron chi connectivity index (χ1n) is 9.63. The lowest BCUT2D eigenvalue weighted by atomic mass is 10.1. The molecule has 1 aromatic rings. The third-order valence-corrected chi connectivity index (χ3v) is 5.16. The number of nitrogens with zero attached hydrogens (tertiary/aromatic N) is 2. The summed E-state index contributed by atoms with van der Waals surface area (Å²) in [6.07, 6.45) is 7.31. The molecule has 5 heteroatoms. The van der Waals surface area contributed by atoms with Crippen LogP contribution in [0.4, 0.5) is 0 Å². The van der Waals surface area contributed by atoms with Gasteiger partial charge in [0.2, 0.25) is 0 Å². The van der Waals surface area contributed by atoms with Crippen molar-refractivity contribution in [3.8, 4) is 0 Å². The summed E-state index contributed by atoms with van der Waals surface area (Å²) in [5.41, 5.74) is 2.68. The molecule has 1 aromatic carbocycles. The molecule has 2 N–H and O–H groups in total. The van der Waals surface area contributed by atoms with Gasteiger partial charge in [-0.1, -0.05) is 24.3 Å². The van der Waals surface area contributed by atoms with Crippen LogP contribution in [0.3, 0.4) is 0 Å². The Balaban J connectivity index is 1.77. The third kappa shape index (κ3) is 8.15. The van der Waals surface area contributed by atoms with Gasteiger partial charge in [0.05, 0.1) is 6.54 Å². The second-order valence-corrected chi connectivity index (χ2v) is 7.61. The van der Waals surface area contributed by atoms with Gasteiger partial charge in [0.1, 0.15) is 0 Å². The fourth-order valence-corrected chi connectivity index (χ4v) is 3.53. The Bertz CT molecular complexity index is 495. The fraction of sp³-hybridized carbons (Fsp3) is 0.650. The molecule has 0 amide bonds. The van der Waals surface area contributed by atoms with Crippen LogP contribution in [0.1, 0.15) is 43.7 Å². The topological polar surface area (TPSA) is 39.7 Å². The monoisotopic (exact) mass is 362 g/mol. The van der Waals surface area contributed by atoms with Crippen molar-refractivity contribution in [2.24, 2.45) is 4.99 Å². The summed E-state index contributed by atoms with van der Waals surface area (Å²) in [6, 6.07) is 8.95. The van der Waals surface area contributed by atoms with Crippen LogP contribution in [0.15, 0.2) is 29.3 Å². The van der Waals surface area contributed by atoms with Gasteiger partial charge >= 0.3 is 0 Å². The minimum atomic E-state index is 0.726. The average molecular weight is 363 g/mol. The molecule has 0 atom stereocenters. The number of hydrogen-bond donors (Lipinski definition) is 2. The van der Waals surface area contributed by atoms with Crippen LogP contribution >= 0.6 is 11.8 Å². The van der Waals surface area contributed by atoms with Gasteiger partial charge in [0.25, 0.3) is 0 Å². The lowest BCUT2D eigenvalue weighted by Gasteiger charge is -2.14. The van der Waals surface area contributed by atoms with E-state index >= 15 is 0 Å². The van der Waals surface area contributed by atoms with Crippen molar-refractivity contribution in [2.45, 2.75) is 45.7 Å². The molecule has 1 fully saturated rings. The Morgan fingerprint density at radius 3 is 2.48 bits per heavy atom. The van der Waals surface area contributed by atoms with E-state index in [2.05, 4.69) is 53.0 Å². The van der Waals surface area contributed by atoms with Crippen molar-refractivity contribution in [2.75, 3.05) is 38.2 Å². The molecular weight excluding hydrogens is 328 g/mol. The highest BCUT2D eigenvalue weighted by Gasteiger charge is 2.11. The number of nitrogens with one attached hydrogen (secondary N) is 2. The largest absolute Gasteiger partial charge is 0.357 e. The molecule has 1 aliphatic heterocycles. The molecule has 140 valence electrons. The number of thioether (sulfide) groups is 1. The van der Waals surface area contributed by atoms with Crippen molar-refractivity contribution >= 4 is 17.7 Å². The lowest BCUT2D eigenvalue weighted by molar-refractivity contribution is 0.331. The Morgan fingerprint density at radius 2 is 1.80 bits per heavy atom. The van der Waals surface area contributed by atoms with E-state index < -0.39 is 0 Å². The molecule has 1 heterocycles. The SMILES string of the molecule is CCNC(=NCc1ccc(CN2CCCC2)cc1)NCCCCSC. The fourth-order valence-electron chi connectivity index (χ4n) is 3.04. The smallest absolute Gasteiger partial charge is 0.191 e. The molecule has 0 bridgehead atoms. The molecule has 0 unspecified atom stereocenters. The summed E-state index contributed by atoms with van der Waals surface area (Å²) >= 11 is 1.91. The molecule has 0 spiro atoms. The van der Waals surface area contributed by atoms with Crippen molar-refractivity contribution in [3.05, 3.63) is 35.4 Å². The first-order chi connectivity index (χ1) is 12.3. The minimum Gasteiger partial charge on any atom is -0.357 e. The number of unbranched alkanes of at least 4 members (excludes halogenated alkanes) is 1. The predicted octanol–water partition coefficient (Wildman–Crippen LogP) is 3.48. The van der Waals surface area contributed by atoms with Gasteiger partial charge in [0.15, 0.2) is 5.96 Å². The standard InChI is InChI=1S/C20H34N4S/c1-3-21-20(22-12-4-7-15-25-2)23-16-18-8-10-19(11-9-18)17-24-13-5-6-14-24/h8-11H,3-7,12-17H2,1-2H3,(H2,21,22,23). The molecule has 0 radical (unpaired) electrons. The first-order valence-corrected chi connectivity index (χ1v) is 11.0. The molecule has 25 heavy (non-hydrogen) atoms. The van der Waals surface area contributed by atoms with E-state index in [-0.39, 0.29) is 0 Å². The van der Waals surface area contributed by atoms with Crippen LogP contribution in [0.2, 0.25) is 0 Å². The predicted molar refractivity (Wildman–Crippen MR) is 111 cm³/mol. The summed E-state index contributed by atoms with van der Waals surface area (Å²) in [6.45, 7) is 8.31. The normalized spacial score (nSPS) is 15.5. The second kappa shape index (κ2) is 12.2. The van der Waals surface area contributed by atoms with E-state index in [1.807, 2.05) is 11.8 Å². The lowest BCUT2D eigenvalue weighted by Crippen LogP contribution is -2.37. The molecule has 2 rings (SSSR count).